The smallest absolute Gasteiger partial charge is 0.258 e. The Morgan fingerprint density at radius 3 is 2.50 bits per heavy atom. The van der Waals surface area contributed by atoms with Gasteiger partial charge in [0.25, 0.3) is 5.56 Å². The zero-order chi connectivity index (χ0) is 21.6. The van der Waals surface area contributed by atoms with E-state index in [-0.39, 0.29) is 41.1 Å². The highest BCUT2D eigenvalue weighted by Gasteiger charge is 2.34. The fraction of sp³-hybridized carbons (Fsp3) is 0.368. The number of nitrogens with zero attached hydrogens (tertiary/aromatic N) is 2. The van der Waals surface area contributed by atoms with Crippen molar-refractivity contribution in [2.45, 2.75) is 25.2 Å². The molecule has 30 heavy (non-hydrogen) atoms. The molecule has 0 aliphatic carbocycles. The molecule has 2 amide bonds. The Morgan fingerprint density at radius 1 is 1.13 bits per heavy atom. The molecule has 4 rings (SSSR count). The number of H-pyrrole nitrogens is 1. The summed E-state index contributed by atoms with van der Waals surface area (Å²) in [5.41, 5.74) is 4.37. The number of nitrogens with one attached hydrogen (secondary N) is 2. The minimum absolute atomic E-state index is 0.0321. The van der Waals surface area contributed by atoms with Crippen molar-refractivity contribution in [2.24, 2.45) is 11.7 Å². The maximum atomic E-state index is 14.3. The van der Waals surface area contributed by atoms with Crippen molar-refractivity contribution in [3.63, 3.8) is 0 Å². The number of amides is 2. The summed E-state index contributed by atoms with van der Waals surface area (Å²) < 4.78 is 41.4. The van der Waals surface area contributed by atoms with Crippen LogP contribution in [0, 0.1) is 23.4 Å². The van der Waals surface area contributed by atoms with Gasteiger partial charge in [0.15, 0.2) is 17.5 Å². The van der Waals surface area contributed by atoms with Crippen LogP contribution in [0.4, 0.5) is 24.9 Å². The second kappa shape index (κ2) is 7.47. The quantitative estimate of drug-likeness (QED) is 0.647. The number of benzene rings is 1. The van der Waals surface area contributed by atoms with Gasteiger partial charge in [0.05, 0.1) is 5.56 Å². The summed E-state index contributed by atoms with van der Waals surface area (Å²) in [6, 6.07) is 1.77. The maximum absolute atomic E-state index is 14.3. The monoisotopic (exact) mass is 421 g/mol. The molecule has 1 atom stereocenters. The molecule has 0 radical (unpaired) electrons. The van der Waals surface area contributed by atoms with Gasteiger partial charge in [-0.25, -0.2) is 13.2 Å². The average molecular weight is 421 g/mol. The molecule has 0 bridgehead atoms. The van der Waals surface area contributed by atoms with Crippen LogP contribution in [-0.4, -0.2) is 34.9 Å². The van der Waals surface area contributed by atoms with Gasteiger partial charge in [-0.1, -0.05) is 6.07 Å². The number of hydrogen-bond donors (Lipinski definition) is 3. The van der Waals surface area contributed by atoms with E-state index in [9.17, 15) is 27.6 Å². The average Bonchev–Trinajstić information content (AvgIpc) is 2.71. The number of aromatic amines is 1. The molecule has 11 heteroatoms. The summed E-state index contributed by atoms with van der Waals surface area (Å²) >= 11 is 0. The van der Waals surface area contributed by atoms with Crippen LogP contribution in [0.25, 0.3) is 0 Å². The third-order valence-corrected chi connectivity index (χ3v) is 5.58. The molecule has 2 aliphatic heterocycles. The van der Waals surface area contributed by atoms with Gasteiger partial charge >= 0.3 is 0 Å². The first-order valence-electron chi connectivity index (χ1n) is 9.38. The van der Waals surface area contributed by atoms with Gasteiger partial charge in [0.1, 0.15) is 5.82 Å². The van der Waals surface area contributed by atoms with Crippen LogP contribution >= 0.6 is 0 Å². The number of carbonyl (C=O) groups excluding carboxylic acids is 2. The number of primary amides is 1. The highest BCUT2D eigenvalue weighted by Crippen LogP contribution is 2.36. The van der Waals surface area contributed by atoms with Crippen LogP contribution < -0.4 is 21.5 Å². The Bertz CT molecular complexity index is 1100. The van der Waals surface area contributed by atoms with Gasteiger partial charge in [0, 0.05) is 31.3 Å². The molecule has 158 valence electrons. The van der Waals surface area contributed by atoms with Gasteiger partial charge in [-0.2, -0.15) is 4.98 Å². The summed E-state index contributed by atoms with van der Waals surface area (Å²) in [6.07, 6.45) is 0.666. The predicted octanol–water partition coefficient (Wildman–Crippen LogP) is 1.36. The summed E-state index contributed by atoms with van der Waals surface area (Å²) in [5.74, 6) is -6.64. The molecule has 4 N–H and O–H groups in total. The third-order valence-electron chi connectivity index (χ3n) is 5.58. The molecule has 1 aromatic heterocycles. The molecule has 0 spiro atoms. The van der Waals surface area contributed by atoms with Crippen molar-refractivity contribution in [1.82, 2.24) is 9.97 Å². The Kier molecular flexibility index (Phi) is 4.96. The zero-order valence-corrected chi connectivity index (χ0v) is 15.7. The number of rotatable bonds is 3. The maximum Gasteiger partial charge on any atom is 0.258 e. The van der Waals surface area contributed by atoms with Crippen LogP contribution in [0.15, 0.2) is 16.9 Å². The Morgan fingerprint density at radius 2 is 1.83 bits per heavy atom. The van der Waals surface area contributed by atoms with Crippen molar-refractivity contribution < 1.29 is 22.8 Å². The number of hydrogen-bond acceptors (Lipinski definition) is 5. The molecule has 2 aromatic rings. The van der Waals surface area contributed by atoms with Crippen LogP contribution in [0.5, 0.6) is 0 Å². The van der Waals surface area contributed by atoms with Gasteiger partial charge in [0.2, 0.25) is 17.8 Å². The minimum Gasteiger partial charge on any atom is -0.369 e. The number of aromatic nitrogens is 2. The van der Waals surface area contributed by atoms with E-state index in [0.717, 1.165) is 12.1 Å². The molecule has 0 saturated carbocycles. The first-order chi connectivity index (χ1) is 14.3. The second-order valence-corrected chi connectivity index (χ2v) is 7.38. The fourth-order valence-corrected chi connectivity index (χ4v) is 3.96. The standard InChI is InChI=1S/C19H18F3N5O3/c20-11-2-1-9(14(21)15(11)22)10-7-12(28)24-17-13(10)18(30)26-19(25-17)27-5-3-8(4-6-27)16(23)29/h1-2,8,10H,3-7H2,(H2,23,29)(H2,24,25,26,28,30)/t10-/m1/s1. The van der Waals surface area contributed by atoms with Gasteiger partial charge in [-0.3, -0.25) is 19.4 Å². The predicted molar refractivity (Wildman–Crippen MR) is 100 cm³/mol. The Labute approximate surface area is 168 Å². The van der Waals surface area contributed by atoms with E-state index >= 15 is 0 Å². The molecular weight excluding hydrogens is 403 g/mol. The van der Waals surface area contributed by atoms with E-state index in [2.05, 4.69) is 15.3 Å². The SMILES string of the molecule is NC(=O)C1CCN(c2nc3c(c(=O)[nH]2)[C@@H](c2ccc(F)c(F)c2F)CC(=O)N3)CC1. The summed E-state index contributed by atoms with van der Waals surface area (Å²) in [7, 11) is 0. The largest absolute Gasteiger partial charge is 0.369 e. The molecule has 2 aliphatic rings. The lowest BCUT2D eigenvalue weighted by Gasteiger charge is -2.32. The van der Waals surface area contributed by atoms with Crippen molar-refractivity contribution in [3.05, 3.63) is 51.1 Å². The lowest BCUT2D eigenvalue weighted by Crippen LogP contribution is -2.41. The summed E-state index contributed by atoms with van der Waals surface area (Å²) in [4.78, 5) is 45.0. The van der Waals surface area contributed by atoms with E-state index < -0.39 is 34.8 Å². The number of fused-ring (bicyclic) bond motifs is 1. The van der Waals surface area contributed by atoms with Crippen LogP contribution in [0.2, 0.25) is 0 Å². The van der Waals surface area contributed by atoms with Crippen LogP contribution in [0.1, 0.15) is 36.3 Å². The molecule has 8 nitrogen and oxygen atoms in total. The third kappa shape index (κ3) is 3.40. The van der Waals surface area contributed by atoms with E-state index in [0.29, 0.717) is 25.9 Å². The number of nitrogens with two attached hydrogens (primary N) is 1. The van der Waals surface area contributed by atoms with Gasteiger partial charge in [-0.05, 0) is 24.5 Å². The van der Waals surface area contributed by atoms with E-state index in [1.165, 1.54) is 0 Å². The first kappa shape index (κ1) is 19.9. The minimum atomic E-state index is -1.67. The number of piperidine rings is 1. The normalized spacial score (nSPS) is 19.4. The number of anilines is 2. The molecule has 1 aromatic carbocycles. The lowest BCUT2D eigenvalue weighted by molar-refractivity contribution is -0.122. The molecule has 1 fully saturated rings. The highest BCUT2D eigenvalue weighted by atomic mass is 19.2. The summed E-state index contributed by atoms with van der Waals surface area (Å²) in [6.45, 7) is 0.842. The van der Waals surface area contributed by atoms with Crippen molar-refractivity contribution in [1.29, 1.82) is 0 Å². The van der Waals surface area contributed by atoms with E-state index in [4.69, 9.17) is 5.73 Å². The van der Waals surface area contributed by atoms with Gasteiger partial charge in [-0.15, -0.1) is 0 Å². The zero-order valence-electron chi connectivity index (χ0n) is 15.7. The van der Waals surface area contributed by atoms with Gasteiger partial charge < -0.3 is 16.0 Å². The molecular formula is C19H18F3N5O3. The number of halogens is 3. The molecule has 3 heterocycles. The lowest BCUT2D eigenvalue weighted by atomic mass is 9.86. The van der Waals surface area contributed by atoms with Crippen molar-refractivity contribution in [2.75, 3.05) is 23.3 Å². The molecule has 1 saturated heterocycles. The Hall–Kier alpha value is -3.37. The summed E-state index contributed by atoms with van der Waals surface area (Å²) in [5, 5.41) is 2.49. The van der Waals surface area contributed by atoms with Crippen LogP contribution in [-0.2, 0) is 9.59 Å². The topological polar surface area (TPSA) is 121 Å². The fourth-order valence-electron chi connectivity index (χ4n) is 3.96. The number of carbonyl (C=O) groups is 2. The van der Waals surface area contributed by atoms with Crippen molar-refractivity contribution in [3.8, 4) is 0 Å². The Balaban J connectivity index is 1.72. The molecule has 0 unspecified atom stereocenters. The van der Waals surface area contributed by atoms with Crippen molar-refractivity contribution >= 4 is 23.6 Å². The van der Waals surface area contributed by atoms with E-state index in [1.807, 2.05) is 0 Å². The highest BCUT2D eigenvalue weighted by molar-refractivity contribution is 5.94. The first-order valence-corrected chi connectivity index (χ1v) is 9.38. The van der Waals surface area contributed by atoms with Crippen LogP contribution in [0.3, 0.4) is 0 Å². The van der Waals surface area contributed by atoms with E-state index in [1.54, 1.807) is 4.90 Å². The second-order valence-electron chi connectivity index (χ2n) is 7.38.